The first-order valence-corrected chi connectivity index (χ1v) is 14.7. The summed E-state index contributed by atoms with van der Waals surface area (Å²) in [6, 6.07) is 25.9. The highest BCUT2D eigenvalue weighted by Crippen LogP contribution is 2.48. The summed E-state index contributed by atoms with van der Waals surface area (Å²) < 4.78 is 31.1. The van der Waals surface area contributed by atoms with Gasteiger partial charge in [0.15, 0.2) is 0 Å². The SMILES string of the molecule is COC(=O)CCC/C(=N\NS(=O)(=O)c1ccc(C)cc1)c1cc2ccc3ccc4ccc5ccc1c1c5c4c3c21. The minimum absolute atomic E-state index is 0.142. The zero-order chi connectivity index (χ0) is 27.6. The van der Waals surface area contributed by atoms with Crippen LogP contribution < -0.4 is 4.83 Å². The number of sulfonamides is 1. The summed E-state index contributed by atoms with van der Waals surface area (Å²) in [5.74, 6) is -0.313. The molecule has 0 unspecified atom stereocenters. The maximum Gasteiger partial charge on any atom is 0.305 e. The predicted octanol–water partition coefficient (Wildman–Crippen LogP) is 7.10. The van der Waals surface area contributed by atoms with Gasteiger partial charge in [0.05, 0.1) is 17.7 Å². The van der Waals surface area contributed by atoms with Gasteiger partial charge in [-0.15, -0.1) is 0 Å². The highest BCUT2D eigenvalue weighted by Gasteiger charge is 2.23. The van der Waals surface area contributed by atoms with E-state index in [1.165, 1.54) is 50.2 Å². The van der Waals surface area contributed by atoms with E-state index in [1.807, 2.05) is 6.92 Å². The molecule has 0 heterocycles. The van der Waals surface area contributed by atoms with E-state index in [-0.39, 0.29) is 17.3 Å². The summed E-state index contributed by atoms with van der Waals surface area (Å²) in [7, 11) is -2.52. The van der Waals surface area contributed by atoms with E-state index in [9.17, 15) is 13.2 Å². The van der Waals surface area contributed by atoms with Gasteiger partial charge in [-0.3, -0.25) is 4.79 Å². The fraction of sp³-hybridized carbons (Fsp3) is 0.152. The molecule has 0 aliphatic heterocycles. The molecule has 7 heteroatoms. The molecular weight excluding hydrogens is 520 g/mol. The number of nitrogens with zero attached hydrogens (tertiary/aromatic N) is 1. The molecule has 0 radical (unpaired) electrons. The molecule has 40 heavy (non-hydrogen) atoms. The van der Waals surface area contributed by atoms with Crippen LogP contribution in [-0.2, 0) is 19.6 Å². The monoisotopic (exact) mass is 546 g/mol. The van der Waals surface area contributed by atoms with Crippen molar-refractivity contribution in [3.8, 4) is 0 Å². The van der Waals surface area contributed by atoms with Gasteiger partial charge in [-0.05, 0) is 91.8 Å². The predicted molar refractivity (Wildman–Crippen MR) is 161 cm³/mol. The summed E-state index contributed by atoms with van der Waals surface area (Å²) in [5, 5.41) is 16.3. The summed E-state index contributed by atoms with van der Waals surface area (Å²) in [5.41, 5.74) is 2.39. The van der Waals surface area contributed by atoms with Crippen LogP contribution in [0.5, 0.6) is 0 Å². The number of esters is 1. The molecule has 0 amide bonds. The second-order valence-corrected chi connectivity index (χ2v) is 12.1. The Hall–Kier alpha value is -4.49. The highest BCUT2D eigenvalue weighted by molar-refractivity contribution is 7.89. The van der Waals surface area contributed by atoms with E-state index in [2.05, 4.69) is 64.5 Å². The smallest absolute Gasteiger partial charge is 0.305 e. The van der Waals surface area contributed by atoms with Gasteiger partial charge in [-0.25, -0.2) is 0 Å². The third-order valence-electron chi connectivity index (χ3n) is 7.99. The Morgan fingerprint density at radius 2 is 1.30 bits per heavy atom. The summed E-state index contributed by atoms with van der Waals surface area (Å²) in [6.07, 6.45) is 1.07. The number of aryl methyl sites for hydroxylation is 1. The van der Waals surface area contributed by atoms with Crippen molar-refractivity contribution in [3.05, 3.63) is 90.0 Å². The summed E-state index contributed by atoms with van der Waals surface area (Å²) in [4.78, 5) is 14.5. The molecule has 0 aliphatic carbocycles. The summed E-state index contributed by atoms with van der Waals surface area (Å²) >= 11 is 0. The first-order valence-electron chi connectivity index (χ1n) is 13.3. The standard InChI is InChI=1S/C33H26N2O4S/c1-19-6-15-24(16-7-19)40(37,38)35-34-27(4-3-5-28(36)39-2)26-18-23-13-12-21-9-8-20-10-11-22-14-17-25(26)33-31(22)29(20)30(21)32(23)33/h6-18,35H,3-5H2,1-2H3/b34-27+. The molecule has 7 aromatic rings. The lowest BCUT2D eigenvalue weighted by Crippen LogP contribution is -2.21. The van der Waals surface area contributed by atoms with Crippen molar-refractivity contribution in [1.29, 1.82) is 0 Å². The Balaban J connectivity index is 1.43. The average molecular weight is 547 g/mol. The molecule has 6 nitrogen and oxygen atoms in total. The van der Waals surface area contributed by atoms with Gasteiger partial charge in [0.1, 0.15) is 0 Å². The molecule has 0 bridgehead atoms. The molecule has 0 aliphatic rings. The molecule has 0 saturated carbocycles. The van der Waals surface area contributed by atoms with Crippen LogP contribution in [0.1, 0.15) is 30.4 Å². The number of methoxy groups -OCH3 is 1. The second kappa shape index (κ2) is 9.03. The number of hydrogen-bond acceptors (Lipinski definition) is 5. The summed E-state index contributed by atoms with van der Waals surface area (Å²) in [6.45, 7) is 1.91. The van der Waals surface area contributed by atoms with Crippen molar-refractivity contribution in [2.75, 3.05) is 7.11 Å². The van der Waals surface area contributed by atoms with Gasteiger partial charge in [0, 0.05) is 12.0 Å². The molecule has 1 N–H and O–H groups in total. The largest absolute Gasteiger partial charge is 0.469 e. The van der Waals surface area contributed by atoms with E-state index in [0.717, 1.165) is 21.9 Å². The zero-order valence-electron chi connectivity index (χ0n) is 22.1. The van der Waals surface area contributed by atoms with Crippen molar-refractivity contribution >= 4 is 75.6 Å². The van der Waals surface area contributed by atoms with Crippen molar-refractivity contribution < 1.29 is 17.9 Å². The van der Waals surface area contributed by atoms with Gasteiger partial charge < -0.3 is 4.74 Å². The Bertz CT molecular complexity index is 2140. The Morgan fingerprint density at radius 3 is 1.93 bits per heavy atom. The Morgan fingerprint density at radius 1 is 0.750 bits per heavy atom. The molecule has 198 valence electrons. The number of benzene rings is 6. The molecule has 0 atom stereocenters. The van der Waals surface area contributed by atoms with Gasteiger partial charge in [0.25, 0.3) is 10.0 Å². The number of ether oxygens (including phenoxy) is 1. The molecule has 7 rings (SSSR count). The number of carbonyl (C=O) groups excluding carboxylic acids is 1. The highest BCUT2D eigenvalue weighted by atomic mass is 32.2. The third kappa shape index (κ3) is 3.72. The maximum atomic E-state index is 13.1. The van der Waals surface area contributed by atoms with Crippen LogP contribution >= 0.6 is 0 Å². The Labute approximate surface area is 231 Å². The van der Waals surface area contributed by atoms with E-state index in [4.69, 9.17) is 4.74 Å². The van der Waals surface area contributed by atoms with Crippen molar-refractivity contribution in [2.24, 2.45) is 5.10 Å². The lowest BCUT2D eigenvalue weighted by atomic mass is 9.92. The van der Waals surface area contributed by atoms with Gasteiger partial charge in [-0.2, -0.15) is 18.4 Å². The quantitative estimate of drug-likeness (QED) is 0.0954. The minimum Gasteiger partial charge on any atom is -0.469 e. The molecule has 0 aromatic heterocycles. The first-order chi connectivity index (χ1) is 19.4. The fourth-order valence-electron chi connectivity index (χ4n) is 6.05. The van der Waals surface area contributed by atoms with Crippen LogP contribution in [0.2, 0.25) is 0 Å². The second-order valence-electron chi connectivity index (χ2n) is 10.4. The number of carbonyl (C=O) groups is 1. The maximum absolute atomic E-state index is 13.1. The molecule has 0 spiro atoms. The molecule has 0 saturated heterocycles. The van der Waals surface area contributed by atoms with Gasteiger partial charge in [0.2, 0.25) is 0 Å². The number of nitrogens with one attached hydrogen (secondary N) is 1. The van der Waals surface area contributed by atoms with Crippen molar-refractivity contribution in [1.82, 2.24) is 4.83 Å². The van der Waals surface area contributed by atoms with Crippen LogP contribution in [0.3, 0.4) is 0 Å². The normalized spacial score (nSPS) is 13.0. The lowest BCUT2D eigenvalue weighted by Gasteiger charge is -2.14. The van der Waals surface area contributed by atoms with Crippen LogP contribution in [0, 0.1) is 6.92 Å². The van der Waals surface area contributed by atoms with Crippen molar-refractivity contribution in [2.45, 2.75) is 31.1 Å². The topological polar surface area (TPSA) is 84.8 Å². The zero-order valence-corrected chi connectivity index (χ0v) is 22.9. The number of hydrogen-bond donors (Lipinski definition) is 1. The molecular formula is C33H26N2O4S. The van der Waals surface area contributed by atoms with Crippen LogP contribution in [0.25, 0.3) is 53.9 Å². The fourth-order valence-corrected chi connectivity index (χ4v) is 6.88. The molecule has 7 aromatic carbocycles. The van der Waals surface area contributed by atoms with Gasteiger partial charge in [-0.1, -0.05) is 66.2 Å². The number of hydrazone groups is 1. The lowest BCUT2D eigenvalue weighted by molar-refractivity contribution is -0.140. The van der Waals surface area contributed by atoms with Gasteiger partial charge >= 0.3 is 5.97 Å². The van der Waals surface area contributed by atoms with Crippen LogP contribution in [0.4, 0.5) is 0 Å². The third-order valence-corrected chi connectivity index (χ3v) is 9.21. The number of rotatable bonds is 8. The molecule has 0 fully saturated rings. The average Bonchev–Trinajstić information content (AvgIpc) is 3.34. The van der Waals surface area contributed by atoms with E-state index in [0.29, 0.717) is 18.6 Å². The van der Waals surface area contributed by atoms with E-state index >= 15 is 0 Å². The van der Waals surface area contributed by atoms with E-state index in [1.54, 1.807) is 24.3 Å². The minimum atomic E-state index is -3.89. The Kier molecular flexibility index (Phi) is 5.54. The van der Waals surface area contributed by atoms with Crippen LogP contribution in [0.15, 0.2) is 88.9 Å². The van der Waals surface area contributed by atoms with Crippen LogP contribution in [-0.4, -0.2) is 27.2 Å². The first kappa shape index (κ1) is 24.5. The van der Waals surface area contributed by atoms with E-state index < -0.39 is 10.0 Å². The van der Waals surface area contributed by atoms with Crippen molar-refractivity contribution in [3.63, 3.8) is 0 Å².